The van der Waals surface area contributed by atoms with Crippen LogP contribution >= 0.6 is 0 Å². The number of benzene rings is 2. The summed E-state index contributed by atoms with van der Waals surface area (Å²) in [7, 11) is 0. The van der Waals surface area contributed by atoms with Crippen molar-refractivity contribution < 1.29 is 10.2 Å². The number of imidazole rings is 1. The Bertz CT molecular complexity index is 758. The SMILES string of the molecule is CC(C)n1c(-c2ccc(O)cc2)nc2ccc(O)cc21. The third-order valence-electron chi connectivity index (χ3n) is 3.31. The highest BCUT2D eigenvalue weighted by atomic mass is 16.3. The lowest BCUT2D eigenvalue weighted by atomic mass is 10.2. The maximum Gasteiger partial charge on any atom is 0.141 e. The van der Waals surface area contributed by atoms with Crippen LogP contribution in [0.25, 0.3) is 22.4 Å². The molecule has 0 saturated heterocycles. The molecule has 0 amide bonds. The van der Waals surface area contributed by atoms with E-state index < -0.39 is 0 Å². The number of hydrogen-bond acceptors (Lipinski definition) is 3. The Kier molecular flexibility index (Phi) is 2.86. The first kappa shape index (κ1) is 12.5. The molecule has 2 N–H and O–H groups in total. The van der Waals surface area contributed by atoms with E-state index >= 15 is 0 Å². The zero-order valence-electron chi connectivity index (χ0n) is 11.4. The molecule has 0 aliphatic rings. The highest BCUT2D eigenvalue weighted by Gasteiger charge is 2.15. The average molecular weight is 268 g/mol. The number of phenolic OH excluding ortho intramolecular Hbond substituents is 2. The van der Waals surface area contributed by atoms with Gasteiger partial charge in [-0.05, 0) is 50.2 Å². The summed E-state index contributed by atoms with van der Waals surface area (Å²) in [5.74, 6) is 1.30. The van der Waals surface area contributed by atoms with Crippen LogP contribution in [0.15, 0.2) is 42.5 Å². The van der Waals surface area contributed by atoms with Gasteiger partial charge in [0.25, 0.3) is 0 Å². The van der Waals surface area contributed by atoms with Crippen LogP contribution in [0.2, 0.25) is 0 Å². The predicted molar refractivity (Wildman–Crippen MR) is 78.9 cm³/mol. The van der Waals surface area contributed by atoms with E-state index in [-0.39, 0.29) is 17.5 Å². The van der Waals surface area contributed by atoms with Crippen LogP contribution < -0.4 is 0 Å². The van der Waals surface area contributed by atoms with Gasteiger partial charge in [0.2, 0.25) is 0 Å². The molecule has 0 aliphatic heterocycles. The topological polar surface area (TPSA) is 58.3 Å². The fourth-order valence-corrected chi connectivity index (χ4v) is 2.42. The van der Waals surface area contributed by atoms with Crippen molar-refractivity contribution in [2.75, 3.05) is 0 Å². The molecule has 20 heavy (non-hydrogen) atoms. The molecular weight excluding hydrogens is 252 g/mol. The van der Waals surface area contributed by atoms with Crippen LogP contribution in [-0.4, -0.2) is 19.8 Å². The van der Waals surface area contributed by atoms with Gasteiger partial charge in [0.1, 0.15) is 17.3 Å². The third-order valence-corrected chi connectivity index (χ3v) is 3.31. The van der Waals surface area contributed by atoms with Crippen molar-refractivity contribution in [2.24, 2.45) is 0 Å². The van der Waals surface area contributed by atoms with Crippen molar-refractivity contribution >= 4 is 11.0 Å². The van der Waals surface area contributed by atoms with Gasteiger partial charge in [-0.25, -0.2) is 4.98 Å². The summed E-state index contributed by atoms with van der Waals surface area (Å²) in [6.07, 6.45) is 0. The number of rotatable bonds is 2. The Morgan fingerprint density at radius 3 is 2.25 bits per heavy atom. The summed E-state index contributed by atoms with van der Waals surface area (Å²) >= 11 is 0. The number of aromatic nitrogens is 2. The molecule has 0 saturated carbocycles. The number of hydrogen-bond donors (Lipinski definition) is 2. The van der Waals surface area contributed by atoms with Crippen molar-refractivity contribution in [1.82, 2.24) is 9.55 Å². The van der Waals surface area contributed by atoms with Gasteiger partial charge in [-0.3, -0.25) is 0 Å². The van der Waals surface area contributed by atoms with E-state index in [1.165, 1.54) is 0 Å². The van der Waals surface area contributed by atoms with Gasteiger partial charge in [0.05, 0.1) is 11.0 Å². The van der Waals surface area contributed by atoms with Crippen molar-refractivity contribution in [2.45, 2.75) is 19.9 Å². The summed E-state index contributed by atoms with van der Waals surface area (Å²) in [5, 5.41) is 19.1. The van der Waals surface area contributed by atoms with Crippen LogP contribution in [-0.2, 0) is 0 Å². The lowest BCUT2D eigenvalue weighted by molar-refractivity contribution is 0.475. The highest BCUT2D eigenvalue weighted by molar-refractivity contribution is 5.82. The van der Waals surface area contributed by atoms with Crippen LogP contribution in [0.4, 0.5) is 0 Å². The third kappa shape index (κ3) is 1.99. The Balaban J connectivity index is 2.29. The standard InChI is InChI=1S/C16H16N2O2/c1-10(2)18-15-9-13(20)7-8-14(15)17-16(18)11-3-5-12(19)6-4-11/h3-10,19-20H,1-2H3. The average Bonchev–Trinajstić information content (AvgIpc) is 2.78. The molecule has 0 fully saturated rings. The van der Waals surface area contributed by atoms with E-state index in [1.54, 1.807) is 24.3 Å². The fraction of sp³-hybridized carbons (Fsp3) is 0.188. The zero-order valence-corrected chi connectivity index (χ0v) is 11.4. The first-order valence-electron chi connectivity index (χ1n) is 6.56. The molecule has 0 unspecified atom stereocenters. The molecule has 0 radical (unpaired) electrons. The minimum atomic E-state index is 0.214. The zero-order chi connectivity index (χ0) is 14.3. The van der Waals surface area contributed by atoms with Gasteiger partial charge in [-0.1, -0.05) is 0 Å². The van der Waals surface area contributed by atoms with Gasteiger partial charge in [0, 0.05) is 17.7 Å². The molecule has 0 atom stereocenters. The van der Waals surface area contributed by atoms with Crippen molar-refractivity contribution in [3.05, 3.63) is 42.5 Å². The summed E-state index contributed by atoms with van der Waals surface area (Å²) in [5.41, 5.74) is 2.69. The van der Waals surface area contributed by atoms with Gasteiger partial charge >= 0.3 is 0 Å². The summed E-state index contributed by atoms with van der Waals surface area (Å²) in [6.45, 7) is 4.16. The number of aromatic hydroxyl groups is 2. The molecule has 4 nitrogen and oxygen atoms in total. The van der Waals surface area contributed by atoms with E-state index in [1.807, 2.05) is 18.2 Å². The predicted octanol–water partition coefficient (Wildman–Crippen LogP) is 3.70. The summed E-state index contributed by atoms with van der Waals surface area (Å²) in [4.78, 5) is 4.65. The van der Waals surface area contributed by atoms with E-state index in [4.69, 9.17) is 0 Å². The first-order valence-corrected chi connectivity index (χ1v) is 6.56. The van der Waals surface area contributed by atoms with Gasteiger partial charge < -0.3 is 14.8 Å². The van der Waals surface area contributed by atoms with Gasteiger partial charge in [-0.15, -0.1) is 0 Å². The minimum Gasteiger partial charge on any atom is -0.508 e. The van der Waals surface area contributed by atoms with Crippen LogP contribution in [0.1, 0.15) is 19.9 Å². The van der Waals surface area contributed by atoms with Crippen molar-refractivity contribution in [3.63, 3.8) is 0 Å². The van der Waals surface area contributed by atoms with Crippen LogP contribution in [0, 0.1) is 0 Å². The molecule has 1 aromatic heterocycles. The molecule has 3 rings (SSSR count). The normalized spacial score (nSPS) is 11.3. The van der Waals surface area contributed by atoms with E-state index in [0.717, 1.165) is 22.4 Å². The summed E-state index contributed by atoms with van der Waals surface area (Å²) < 4.78 is 2.08. The number of fused-ring (bicyclic) bond motifs is 1. The van der Waals surface area contributed by atoms with Crippen molar-refractivity contribution in [1.29, 1.82) is 0 Å². The second-order valence-electron chi connectivity index (χ2n) is 5.12. The first-order chi connectivity index (χ1) is 9.56. The van der Waals surface area contributed by atoms with Gasteiger partial charge in [-0.2, -0.15) is 0 Å². The molecular formula is C16H16N2O2. The van der Waals surface area contributed by atoms with Crippen molar-refractivity contribution in [3.8, 4) is 22.9 Å². The van der Waals surface area contributed by atoms with E-state index in [0.29, 0.717) is 0 Å². The molecule has 102 valence electrons. The lowest BCUT2D eigenvalue weighted by Crippen LogP contribution is -2.02. The fourth-order valence-electron chi connectivity index (χ4n) is 2.42. The second kappa shape index (κ2) is 4.56. The molecule has 1 heterocycles. The van der Waals surface area contributed by atoms with Crippen LogP contribution in [0.5, 0.6) is 11.5 Å². The van der Waals surface area contributed by atoms with Crippen LogP contribution in [0.3, 0.4) is 0 Å². The largest absolute Gasteiger partial charge is 0.508 e. The number of phenols is 2. The molecule has 4 heteroatoms. The molecule has 0 spiro atoms. The lowest BCUT2D eigenvalue weighted by Gasteiger charge is -2.13. The smallest absolute Gasteiger partial charge is 0.141 e. The molecule has 0 aliphatic carbocycles. The molecule has 0 bridgehead atoms. The minimum absolute atomic E-state index is 0.214. The molecule has 3 aromatic rings. The van der Waals surface area contributed by atoms with E-state index in [2.05, 4.69) is 23.4 Å². The second-order valence-corrected chi connectivity index (χ2v) is 5.12. The monoisotopic (exact) mass is 268 g/mol. The maximum atomic E-state index is 9.68. The quantitative estimate of drug-likeness (QED) is 0.745. The molecule has 2 aromatic carbocycles. The number of nitrogens with zero attached hydrogens (tertiary/aromatic N) is 2. The Morgan fingerprint density at radius 2 is 1.60 bits per heavy atom. The Morgan fingerprint density at radius 1 is 0.950 bits per heavy atom. The maximum absolute atomic E-state index is 9.68. The van der Waals surface area contributed by atoms with E-state index in [9.17, 15) is 10.2 Å². The van der Waals surface area contributed by atoms with Gasteiger partial charge in [0.15, 0.2) is 0 Å². The summed E-state index contributed by atoms with van der Waals surface area (Å²) in [6, 6.07) is 12.4. The Labute approximate surface area is 116 Å². The highest BCUT2D eigenvalue weighted by Crippen LogP contribution is 2.30. The Hall–Kier alpha value is -2.49.